The zero-order valence-electron chi connectivity index (χ0n) is 16.4. The lowest BCUT2D eigenvalue weighted by molar-refractivity contribution is -0.141. The highest BCUT2D eigenvalue weighted by atomic mass is 16.2. The number of piperidine rings is 1. The average Bonchev–Trinajstić information content (AvgIpc) is 3.34. The first-order chi connectivity index (χ1) is 12.6. The number of urea groups is 1. The van der Waals surface area contributed by atoms with E-state index in [1.54, 1.807) is 0 Å². The first kappa shape index (κ1) is 18.1. The molecule has 4 fully saturated rings. The molecule has 5 heteroatoms. The maximum absolute atomic E-state index is 13.3. The molecule has 0 spiro atoms. The SMILES string of the molecule is CC1CCC(N(C(=O)C2CCN(C(=O)N3CCCC3)CC2)C2CC2)CC1. The standard InChI is InChI=1S/C21H35N3O2/c1-16-4-6-18(7-5-16)24(19-8-9-19)20(25)17-10-14-23(15-11-17)21(26)22-12-2-3-13-22/h16-19H,2-15H2,1H3. The quantitative estimate of drug-likeness (QED) is 0.772. The number of hydrogen-bond acceptors (Lipinski definition) is 2. The molecule has 0 radical (unpaired) electrons. The van der Waals surface area contributed by atoms with Crippen molar-refractivity contribution in [3.63, 3.8) is 0 Å². The lowest BCUT2D eigenvalue weighted by atomic mass is 9.85. The summed E-state index contributed by atoms with van der Waals surface area (Å²) < 4.78 is 0. The van der Waals surface area contributed by atoms with E-state index >= 15 is 0 Å². The molecule has 5 nitrogen and oxygen atoms in total. The smallest absolute Gasteiger partial charge is 0.319 e. The molecule has 2 saturated carbocycles. The van der Waals surface area contributed by atoms with Crippen LogP contribution >= 0.6 is 0 Å². The number of likely N-dealkylation sites (tertiary alicyclic amines) is 2. The van der Waals surface area contributed by atoms with Crippen LogP contribution in [0.15, 0.2) is 0 Å². The topological polar surface area (TPSA) is 43.9 Å². The Morgan fingerprint density at radius 1 is 0.731 bits per heavy atom. The molecule has 26 heavy (non-hydrogen) atoms. The molecular weight excluding hydrogens is 326 g/mol. The van der Waals surface area contributed by atoms with Gasteiger partial charge in [0.1, 0.15) is 0 Å². The Kier molecular flexibility index (Phi) is 5.42. The van der Waals surface area contributed by atoms with Gasteiger partial charge in [0.15, 0.2) is 0 Å². The molecule has 2 saturated heterocycles. The molecule has 4 rings (SSSR count). The van der Waals surface area contributed by atoms with E-state index in [0.29, 0.717) is 18.0 Å². The van der Waals surface area contributed by atoms with Gasteiger partial charge in [-0.1, -0.05) is 6.92 Å². The highest BCUT2D eigenvalue weighted by molar-refractivity contribution is 5.81. The van der Waals surface area contributed by atoms with Crippen LogP contribution in [0.4, 0.5) is 4.79 Å². The molecule has 2 heterocycles. The highest BCUT2D eigenvalue weighted by Crippen LogP contribution is 2.37. The van der Waals surface area contributed by atoms with Crippen LogP contribution < -0.4 is 0 Å². The van der Waals surface area contributed by atoms with Gasteiger partial charge >= 0.3 is 6.03 Å². The molecule has 2 aliphatic heterocycles. The zero-order chi connectivity index (χ0) is 18.1. The minimum Gasteiger partial charge on any atom is -0.336 e. The lowest BCUT2D eigenvalue weighted by Crippen LogP contribution is -2.51. The van der Waals surface area contributed by atoms with Crippen LogP contribution in [0, 0.1) is 11.8 Å². The summed E-state index contributed by atoms with van der Waals surface area (Å²) in [5.41, 5.74) is 0. The van der Waals surface area contributed by atoms with Crippen molar-refractivity contribution < 1.29 is 9.59 Å². The van der Waals surface area contributed by atoms with Crippen LogP contribution in [-0.4, -0.2) is 64.9 Å². The molecule has 0 atom stereocenters. The maximum Gasteiger partial charge on any atom is 0.319 e. The van der Waals surface area contributed by atoms with Crippen molar-refractivity contribution in [3.8, 4) is 0 Å². The minimum absolute atomic E-state index is 0.137. The van der Waals surface area contributed by atoms with Gasteiger partial charge in [-0.3, -0.25) is 4.79 Å². The van der Waals surface area contributed by atoms with E-state index in [-0.39, 0.29) is 11.9 Å². The predicted octanol–water partition coefficient (Wildman–Crippen LogP) is 3.48. The number of carbonyl (C=O) groups excluding carboxylic acids is 2. The Hall–Kier alpha value is -1.26. The highest BCUT2D eigenvalue weighted by Gasteiger charge is 2.41. The Morgan fingerprint density at radius 2 is 1.23 bits per heavy atom. The summed E-state index contributed by atoms with van der Waals surface area (Å²) in [7, 11) is 0. The molecule has 2 aliphatic carbocycles. The Bertz CT molecular complexity index is 511. The second-order valence-electron chi connectivity index (χ2n) is 9.13. The number of nitrogens with zero attached hydrogens (tertiary/aromatic N) is 3. The molecular formula is C21H35N3O2. The summed E-state index contributed by atoms with van der Waals surface area (Å²) in [6.45, 7) is 5.67. The minimum atomic E-state index is 0.137. The summed E-state index contributed by atoms with van der Waals surface area (Å²) in [4.78, 5) is 32.1. The molecule has 4 aliphatic rings. The van der Waals surface area contributed by atoms with Crippen molar-refractivity contribution in [1.82, 2.24) is 14.7 Å². The molecule has 0 N–H and O–H groups in total. The molecule has 0 aromatic heterocycles. The van der Waals surface area contributed by atoms with Crippen LogP contribution in [-0.2, 0) is 4.79 Å². The Labute approximate surface area is 158 Å². The Morgan fingerprint density at radius 3 is 1.77 bits per heavy atom. The molecule has 3 amide bonds. The van der Waals surface area contributed by atoms with Gasteiger partial charge in [-0.05, 0) is 70.1 Å². The van der Waals surface area contributed by atoms with Crippen molar-refractivity contribution in [3.05, 3.63) is 0 Å². The Balaban J connectivity index is 1.32. The zero-order valence-corrected chi connectivity index (χ0v) is 16.4. The fraction of sp³-hybridized carbons (Fsp3) is 0.905. The van der Waals surface area contributed by atoms with Crippen molar-refractivity contribution in [2.75, 3.05) is 26.2 Å². The van der Waals surface area contributed by atoms with Crippen molar-refractivity contribution in [1.29, 1.82) is 0 Å². The normalized spacial score (nSPS) is 30.5. The van der Waals surface area contributed by atoms with Crippen molar-refractivity contribution in [2.45, 2.75) is 83.2 Å². The molecule has 0 aromatic carbocycles. The lowest BCUT2D eigenvalue weighted by Gasteiger charge is -2.40. The largest absolute Gasteiger partial charge is 0.336 e. The van der Waals surface area contributed by atoms with Gasteiger partial charge in [-0.15, -0.1) is 0 Å². The molecule has 0 bridgehead atoms. The van der Waals surface area contributed by atoms with E-state index in [0.717, 1.165) is 57.8 Å². The average molecular weight is 362 g/mol. The van der Waals surface area contributed by atoms with Gasteiger partial charge in [-0.25, -0.2) is 4.79 Å². The van der Waals surface area contributed by atoms with Crippen LogP contribution in [0.3, 0.4) is 0 Å². The maximum atomic E-state index is 13.3. The third-order valence-electron chi connectivity index (χ3n) is 7.06. The van der Waals surface area contributed by atoms with E-state index in [4.69, 9.17) is 0 Å². The summed E-state index contributed by atoms with van der Waals surface area (Å²) in [5.74, 6) is 1.36. The molecule has 0 unspecified atom stereocenters. The van der Waals surface area contributed by atoms with Gasteiger partial charge in [0.2, 0.25) is 5.91 Å². The summed E-state index contributed by atoms with van der Waals surface area (Å²) in [6.07, 6.45) is 11.3. The number of rotatable bonds is 3. The predicted molar refractivity (Wildman–Crippen MR) is 102 cm³/mol. The van der Waals surface area contributed by atoms with Crippen LogP contribution in [0.2, 0.25) is 0 Å². The first-order valence-corrected chi connectivity index (χ1v) is 11.0. The number of carbonyl (C=O) groups is 2. The summed E-state index contributed by atoms with van der Waals surface area (Å²) in [5, 5.41) is 0. The van der Waals surface area contributed by atoms with E-state index in [2.05, 4.69) is 11.8 Å². The first-order valence-electron chi connectivity index (χ1n) is 11.0. The van der Waals surface area contributed by atoms with Gasteiger partial charge in [-0.2, -0.15) is 0 Å². The second kappa shape index (κ2) is 7.77. The molecule has 146 valence electrons. The van der Waals surface area contributed by atoms with E-state index in [1.165, 1.54) is 38.5 Å². The van der Waals surface area contributed by atoms with E-state index < -0.39 is 0 Å². The number of hydrogen-bond donors (Lipinski definition) is 0. The van der Waals surface area contributed by atoms with Gasteiger partial charge in [0.05, 0.1) is 0 Å². The van der Waals surface area contributed by atoms with Gasteiger partial charge < -0.3 is 14.7 Å². The second-order valence-corrected chi connectivity index (χ2v) is 9.13. The van der Waals surface area contributed by atoms with Crippen LogP contribution in [0.5, 0.6) is 0 Å². The monoisotopic (exact) mass is 361 g/mol. The van der Waals surface area contributed by atoms with Crippen molar-refractivity contribution >= 4 is 11.9 Å². The van der Waals surface area contributed by atoms with Crippen LogP contribution in [0.1, 0.15) is 71.1 Å². The van der Waals surface area contributed by atoms with Gasteiger partial charge in [0.25, 0.3) is 0 Å². The fourth-order valence-electron chi connectivity index (χ4n) is 5.17. The third-order valence-corrected chi connectivity index (χ3v) is 7.06. The third kappa shape index (κ3) is 3.86. The summed E-state index contributed by atoms with van der Waals surface area (Å²) >= 11 is 0. The number of amides is 3. The van der Waals surface area contributed by atoms with E-state index in [1.807, 2.05) is 9.80 Å². The molecule has 0 aromatic rings. The van der Waals surface area contributed by atoms with Crippen LogP contribution in [0.25, 0.3) is 0 Å². The van der Waals surface area contributed by atoms with Gasteiger partial charge in [0, 0.05) is 44.2 Å². The van der Waals surface area contributed by atoms with E-state index in [9.17, 15) is 9.59 Å². The fourth-order valence-corrected chi connectivity index (χ4v) is 5.17. The van der Waals surface area contributed by atoms with Crippen molar-refractivity contribution in [2.24, 2.45) is 11.8 Å². The summed E-state index contributed by atoms with van der Waals surface area (Å²) in [6, 6.07) is 1.20.